The largest absolute Gasteiger partial charge is 0.369 e. The first-order valence-corrected chi connectivity index (χ1v) is 5.67. The van der Waals surface area contributed by atoms with E-state index in [2.05, 4.69) is 0 Å². The van der Waals surface area contributed by atoms with Gasteiger partial charge in [0.2, 0.25) is 5.91 Å². The first-order chi connectivity index (χ1) is 7.00. The molecule has 1 fully saturated rings. The van der Waals surface area contributed by atoms with Gasteiger partial charge >= 0.3 is 0 Å². The van der Waals surface area contributed by atoms with E-state index < -0.39 is 0 Å². The van der Waals surface area contributed by atoms with Crippen molar-refractivity contribution in [3.63, 3.8) is 0 Å². The smallest absolute Gasteiger partial charge is 0.248 e. The van der Waals surface area contributed by atoms with Crippen molar-refractivity contribution in [2.75, 3.05) is 13.2 Å². The second-order valence-corrected chi connectivity index (χ2v) is 4.58. The third-order valence-electron chi connectivity index (χ3n) is 2.78. The van der Waals surface area contributed by atoms with Gasteiger partial charge < -0.3 is 15.4 Å². The number of amides is 1. The number of rotatable bonds is 3. The second-order valence-electron chi connectivity index (χ2n) is 4.58. The van der Waals surface area contributed by atoms with E-state index in [9.17, 15) is 4.79 Å². The van der Waals surface area contributed by atoms with Crippen LogP contribution in [0.2, 0.25) is 0 Å². The van der Waals surface area contributed by atoms with Gasteiger partial charge in [-0.05, 0) is 33.6 Å². The van der Waals surface area contributed by atoms with Crippen LogP contribution in [0.3, 0.4) is 0 Å². The quantitative estimate of drug-likeness (QED) is 0.754. The second kappa shape index (κ2) is 5.47. The highest BCUT2D eigenvalue weighted by molar-refractivity contribution is 5.77. The standard InChI is InChI=1S/C11H22N2O2/c1-8(2)15-7-11(14)13-5-4-10(12)6-9(13)3/h8-10H,4-7,12H2,1-3H3. The van der Waals surface area contributed by atoms with Crippen molar-refractivity contribution in [3.8, 4) is 0 Å². The van der Waals surface area contributed by atoms with Crippen LogP contribution in [-0.4, -0.2) is 42.1 Å². The number of piperidine rings is 1. The molecule has 0 bridgehead atoms. The average Bonchev–Trinajstić information content (AvgIpc) is 2.14. The van der Waals surface area contributed by atoms with Crippen LogP contribution >= 0.6 is 0 Å². The molecule has 0 spiro atoms. The van der Waals surface area contributed by atoms with Crippen molar-refractivity contribution >= 4 is 5.91 Å². The molecule has 2 atom stereocenters. The zero-order valence-electron chi connectivity index (χ0n) is 9.90. The van der Waals surface area contributed by atoms with Crippen LogP contribution in [0.25, 0.3) is 0 Å². The van der Waals surface area contributed by atoms with Crippen LogP contribution in [0.4, 0.5) is 0 Å². The van der Waals surface area contributed by atoms with Gasteiger partial charge in [-0.1, -0.05) is 0 Å². The van der Waals surface area contributed by atoms with Crippen LogP contribution in [0.15, 0.2) is 0 Å². The minimum absolute atomic E-state index is 0.0862. The van der Waals surface area contributed by atoms with E-state index >= 15 is 0 Å². The highest BCUT2D eigenvalue weighted by Crippen LogP contribution is 2.15. The van der Waals surface area contributed by atoms with Crippen molar-refractivity contribution in [1.82, 2.24) is 4.90 Å². The summed E-state index contributed by atoms with van der Waals surface area (Å²) in [5.74, 6) is 0.0862. The Bertz CT molecular complexity index is 219. The summed E-state index contributed by atoms with van der Waals surface area (Å²) in [5.41, 5.74) is 5.84. The Morgan fingerprint density at radius 1 is 1.60 bits per heavy atom. The lowest BCUT2D eigenvalue weighted by Gasteiger charge is -2.36. The summed E-state index contributed by atoms with van der Waals surface area (Å²) in [6.07, 6.45) is 1.90. The molecule has 0 aromatic heterocycles. The number of nitrogens with two attached hydrogens (primary N) is 1. The molecule has 88 valence electrons. The van der Waals surface area contributed by atoms with Gasteiger partial charge in [0.05, 0.1) is 6.10 Å². The molecule has 4 heteroatoms. The van der Waals surface area contributed by atoms with Gasteiger partial charge in [-0.3, -0.25) is 4.79 Å². The molecule has 1 rings (SSSR count). The number of likely N-dealkylation sites (tertiary alicyclic amines) is 1. The van der Waals surface area contributed by atoms with E-state index in [0.717, 1.165) is 19.4 Å². The van der Waals surface area contributed by atoms with Crippen molar-refractivity contribution in [1.29, 1.82) is 0 Å². The number of nitrogens with zero attached hydrogens (tertiary/aromatic N) is 1. The van der Waals surface area contributed by atoms with Gasteiger partial charge in [-0.15, -0.1) is 0 Å². The zero-order valence-corrected chi connectivity index (χ0v) is 9.90. The fourth-order valence-corrected chi connectivity index (χ4v) is 1.90. The maximum absolute atomic E-state index is 11.8. The Hall–Kier alpha value is -0.610. The van der Waals surface area contributed by atoms with Gasteiger partial charge in [-0.2, -0.15) is 0 Å². The number of hydrogen-bond acceptors (Lipinski definition) is 3. The van der Waals surface area contributed by atoms with Crippen molar-refractivity contribution < 1.29 is 9.53 Å². The maximum Gasteiger partial charge on any atom is 0.248 e. The van der Waals surface area contributed by atoms with Gasteiger partial charge in [0, 0.05) is 18.6 Å². The lowest BCUT2D eigenvalue weighted by atomic mass is 9.99. The fourth-order valence-electron chi connectivity index (χ4n) is 1.90. The topological polar surface area (TPSA) is 55.6 Å². The van der Waals surface area contributed by atoms with Crippen molar-refractivity contribution in [3.05, 3.63) is 0 Å². The summed E-state index contributed by atoms with van der Waals surface area (Å²) in [5, 5.41) is 0. The van der Waals surface area contributed by atoms with Gasteiger partial charge in [0.1, 0.15) is 6.61 Å². The zero-order chi connectivity index (χ0) is 11.4. The Morgan fingerprint density at radius 3 is 2.80 bits per heavy atom. The summed E-state index contributed by atoms with van der Waals surface area (Å²) in [6.45, 7) is 6.87. The molecule has 2 N–H and O–H groups in total. The molecular formula is C11H22N2O2. The molecule has 1 aliphatic heterocycles. The van der Waals surface area contributed by atoms with Gasteiger partial charge in [-0.25, -0.2) is 0 Å². The minimum atomic E-state index is 0.0862. The van der Waals surface area contributed by atoms with Gasteiger partial charge in [0.15, 0.2) is 0 Å². The fraction of sp³-hybridized carbons (Fsp3) is 0.909. The molecular weight excluding hydrogens is 192 g/mol. The molecule has 0 aliphatic carbocycles. The molecule has 1 heterocycles. The predicted molar refractivity (Wildman–Crippen MR) is 59.5 cm³/mol. The van der Waals surface area contributed by atoms with E-state index in [0.29, 0.717) is 0 Å². The lowest BCUT2D eigenvalue weighted by Crippen LogP contribution is -2.49. The summed E-state index contributed by atoms with van der Waals surface area (Å²) < 4.78 is 5.31. The highest BCUT2D eigenvalue weighted by atomic mass is 16.5. The van der Waals surface area contributed by atoms with Crippen LogP contribution in [0.5, 0.6) is 0 Å². The highest BCUT2D eigenvalue weighted by Gasteiger charge is 2.26. The third-order valence-corrected chi connectivity index (χ3v) is 2.78. The Labute approximate surface area is 91.8 Å². The first-order valence-electron chi connectivity index (χ1n) is 5.67. The van der Waals surface area contributed by atoms with Gasteiger partial charge in [0.25, 0.3) is 0 Å². The minimum Gasteiger partial charge on any atom is -0.369 e. The molecule has 2 unspecified atom stereocenters. The molecule has 4 nitrogen and oxygen atoms in total. The van der Waals surface area contributed by atoms with E-state index in [1.54, 1.807) is 0 Å². The normalized spacial score (nSPS) is 27.1. The lowest BCUT2D eigenvalue weighted by molar-refractivity contribution is -0.141. The van der Waals surface area contributed by atoms with Crippen LogP contribution in [0.1, 0.15) is 33.6 Å². The summed E-state index contributed by atoms with van der Waals surface area (Å²) in [7, 11) is 0. The average molecular weight is 214 g/mol. The molecule has 15 heavy (non-hydrogen) atoms. The SMILES string of the molecule is CC(C)OCC(=O)N1CCC(N)CC1C. The summed E-state index contributed by atoms with van der Waals surface area (Å²) >= 11 is 0. The van der Waals surface area contributed by atoms with E-state index in [1.165, 1.54) is 0 Å². The molecule has 1 saturated heterocycles. The molecule has 0 saturated carbocycles. The molecule has 1 aliphatic rings. The molecule has 0 radical (unpaired) electrons. The summed E-state index contributed by atoms with van der Waals surface area (Å²) in [4.78, 5) is 13.7. The molecule has 1 amide bonds. The molecule has 0 aromatic carbocycles. The Morgan fingerprint density at radius 2 is 2.27 bits per heavy atom. The predicted octanol–water partition coefficient (Wildman–Crippen LogP) is 0.750. The Kier molecular flexibility index (Phi) is 4.54. The van der Waals surface area contributed by atoms with Crippen LogP contribution < -0.4 is 5.73 Å². The third kappa shape index (κ3) is 3.80. The van der Waals surface area contributed by atoms with E-state index in [-0.39, 0.29) is 30.7 Å². The van der Waals surface area contributed by atoms with Crippen molar-refractivity contribution in [2.45, 2.75) is 51.8 Å². The van der Waals surface area contributed by atoms with Crippen LogP contribution in [0, 0.1) is 0 Å². The monoisotopic (exact) mass is 214 g/mol. The van der Waals surface area contributed by atoms with Crippen LogP contribution in [-0.2, 0) is 9.53 Å². The van der Waals surface area contributed by atoms with Crippen molar-refractivity contribution in [2.24, 2.45) is 5.73 Å². The maximum atomic E-state index is 11.8. The molecule has 0 aromatic rings. The Balaban J connectivity index is 2.38. The van der Waals surface area contributed by atoms with E-state index in [4.69, 9.17) is 10.5 Å². The van der Waals surface area contributed by atoms with E-state index in [1.807, 2.05) is 25.7 Å². The number of carbonyl (C=O) groups is 1. The first kappa shape index (κ1) is 12.5. The number of ether oxygens (including phenoxy) is 1. The number of hydrogen-bond donors (Lipinski definition) is 1. The summed E-state index contributed by atoms with van der Waals surface area (Å²) in [6, 6.07) is 0.493. The number of carbonyl (C=O) groups excluding carboxylic acids is 1.